The van der Waals surface area contributed by atoms with Crippen LogP contribution in [0.15, 0.2) is 22.6 Å². The van der Waals surface area contributed by atoms with E-state index < -0.39 is 17.6 Å². The number of benzene rings is 1. The summed E-state index contributed by atoms with van der Waals surface area (Å²) in [6.45, 7) is 0. The lowest BCUT2D eigenvalue weighted by molar-refractivity contribution is -0.137. The predicted molar refractivity (Wildman–Crippen MR) is 55.6 cm³/mol. The first-order chi connectivity index (χ1) is 8.56. The van der Waals surface area contributed by atoms with Crippen LogP contribution in [-0.4, -0.2) is 21.3 Å². The van der Waals surface area contributed by atoms with Gasteiger partial charge >= 0.3 is 5.97 Å². The van der Waals surface area contributed by atoms with Crippen molar-refractivity contribution < 1.29 is 23.1 Å². The summed E-state index contributed by atoms with van der Waals surface area (Å²) in [6.07, 6.45) is -0.0985. The van der Waals surface area contributed by atoms with E-state index >= 15 is 0 Å². The Morgan fingerprint density at radius 3 is 2.78 bits per heavy atom. The minimum Gasteiger partial charge on any atom is -0.481 e. The van der Waals surface area contributed by atoms with Gasteiger partial charge in [0.1, 0.15) is 11.6 Å². The molecule has 0 amide bonds. The topological polar surface area (TPSA) is 76.2 Å². The minimum absolute atomic E-state index is 0.0227. The molecule has 0 fully saturated rings. The highest BCUT2D eigenvalue weighted by atomic mass is 19.1. The first-order valence-electron chi connectivity index (χ1n) is 5.06. The normalized spacial score (nSPS) is 10.6. The molecule has 0 aliphatic carbocycles. The third kappa shape index (κ3) is 2.68. The van der Waals surface area contributed by atoms with Crippen molar-refractivity contribution in [3.8, 4) is 11.5 Å². The standard InChI is InChI=1S/C11H8F2N2O3/c12-6-1-2-7(8(13)5-6)11-15-14-9(18-11)3-4-10(16)17/h1-2,5H,3-4H2,(H,16,17). The molecule has 0 atom stereocenters. The minimum atomic E-state index is -0.997. The molecule has 1 N–H and O–H groups in total. The van der Waals surface area contributed by atoms with Crippen LogP contribution in [0.1, 0.15) is 12.3 Å². The summed E-state index contributed by atoms with van der Waals surface area (Å²) in [4.78, 5) is 10.3. The zero-order valence-electron chi connectivity index (χ0n) is 9.06. The Kier molecular flexibility index (Phi) is 3.31. The van der Waals surface area contributed by atoms with E-state index in [1.807, 2.05) is 0 Å². The summed E-state index contributed by atoms with van der Waals surface area (Å²) in [7, 11) is 0. The van der Waals surface area contributed by atoms with Crippen molar-refractivity contribution in [2.24, 2.45) is 0 Å². The Hall–Kier alpha value is -2.31. The first kappa shape index (κ1) is 12.2. The largest absolute Gasteiger partial charge is 0.481 e. The zero-order valence-corrected chi connectivity index (χ0v) is 9.06. The van der Waals surface area contributed by atoms with Crippen LogP contribution >= 0.6 is 0 Å². The predicted octanol–water partition coefficient (Wildman–Crippen LogP) is 2.03. The molecule has 94 valence electrons. The number of aromatic nitrogens is 2. The second kappa shape index (κ2) is 4.91. The molecule has 0 aliphatic heterocycles. The van der Waals surface area contributed by atoms with Gasteiger partial charge in [0.25, 0.3) is 5.89 Å². The molecule has 0 radical (unpaired) electrons. The number of hydrogen-bond acceptors (Lipinski definition) is 4. The Bertz CT molecular complexity index is 583. The molecule has 2 rings (SSSR count). The number of carboxylic acids is 1. The van der Waals surface area contributed by atoms with Crippen molar-refractivity contribution in [1.29, 1.82) is 0 Å². The van der Waals surface area contributed by atoms with Crippen LogP contribution in [0.2, 0.25) is 0 Å². The monoisotopic (exact) mass is 254 g/mol. The first-order valence-corrected chi connectivity index (χ1v) is 5.06. The number of hydrogen-bond donors (Lipinski definition) is 1. The van der Waals surface area contributed by atoms with E-state index in [9.17, 15) is 13.6 Å². The van der Waals surface area contributed by atoms with Gasteiger partial charge in [-0.05, 0) is 12.1 Å². The molecular formula is C11H8F2N2O3. The fourth-order valence-electron chi connectivity index (χ4n) is 1.34. The Labute approximate surface area is 100 Å². The van der Waals surface area contributed by atoms with E-state index in [0.717, 1.165) is 6.07 Å². The fraction of sp³-hybridized carbons (Fsp3) is 0.182. The molecule has 0 unspecified atom stereocenters. The van der Waals surface area contributed by atoms with Crippen LogP contribution in [0, 0.1) is 11.6 Å². The molecule has 1 aromatic heterocycles. The highest BCUT2D eigenvalue weighted by molar-refractivity contribution is 5.66. The van der Waals surface area contributed by atoms with Gasteiger partial charge in [0.05, 0.1) is 12.0 Å². The maximum atomic E-state index is 13.4. The highest BCUT2D eigenvalue weighted by Crippen LogP contribution is 2.22. The van der Waals surface area contributed by atoms with Crippen molar-refractivity contribution in [3.05, 3.63) is 35.7 Å². The van der Waals surface area contributed by atoms with Gasteiger partial charge in [-0.25, -0.2) is 8.78 Å². The van der Waals surface area contributed by atoms with Crippen LogP contribution in [-0.2, 0) is 11.2 Å². The number of rotatable bonds is 4. The molecule has 1 aromatic carbocycles. The van der Waals surface area contributed by atoms with Crippen molar-refractivity contribution in [3.63, 3.8) is 0 Å². The molecule has 1 heterocycles. The third-order valence-corrected chi connectivity index (χ3v) is 2.18. The molecule has 2 aromatic rings. The van der Waals surface area contributed by atoms with E-state index in [1.54, 1.807) is 0 Å². The number of aliphatic carboxylic acids is 1. The van der Waals surface area contributed by atoms with Gasteiger partial charge in [0, 0.05) is 12.5 Å². The molecule has 0 saturated carbocycles. The Morgan fingerprint density at radius 1 is 1.33 bits per heavy atom. The van der Waals surface area contributed by atoms with Gasteiger partial charge in [-0.3, -0.25) is 4.79 Å². The van der Waals surface area contributed by atoms with Crippen molar-refractivity contribution in [2.45, 2.75) is 12.8 Å². The number of carbonyl (C=O) groups is 1. The molecule has 18 heavy (non-hydrogen) atoms. The summed E-state index contributed by atoms with van der Waals surface area (Å²) in [5.41, 5.74) is -0.0227. The summed E-state index contributed by atoms with van der Waals surface area (Å²) in [6, 6.07) is 2.95. The SMILES string of the molecule is O=C(O)CCc1nnc(-c2ccc(F)cc2F)o1. The van der Waals surface area contributed by atoms with Crippen LogP contribution in [0.25, 0.3) is 11.5 Å². The second-order valence-corrected chi connectivity index (χ2v) is 3.52. The van der Waals surface area contributed by atoms with E-state index in [0.29, 0.717) is 6.07 Å². The van der Waals surface area contributed by atoms with Gasteiger partial charge in [-0.1, -0.05) is 0 Å². The number of halogens is 2. The summed E-state index contributed by atoms with van der Waals surface area (Å²) >= 11 is 0. The summed E-state index contributed by atoms with van der Waals surface area (Å²) < 4.78 is 31.2. The molecule has 0 aliphatic rings. The average molecular weight is 254 g/mol. The van der Waals surface area contributed by atoms with Gasteiger partial charge < -0.3 is 9.52 Å². The van der Waals surface area contributed by atoms with Gasteiger partial charge in [-0.15, -0.1) is 10.2 Å². The second-order valence-electron chi connectivity index (χ2n) is 3.52. The molecule has 0 bridgehead atoms. The van der Waals surface area contributed by atoms with Crippen LogP contribution in [0.4, 0.5) is 8.78 Å². The molecule has 0 saturated heterocycles. The van der Waals surface area contributed by atoms with E-state index in [4.69, 9.17) is 9.52 Å². The molecular weight excluding hydrogens is 246 g/mol. The lowest BCUT2D eigenvalue weighted by atomic mass is 10.2. The average Bonchev–Trinajstić information content (AvgIpc) is 2.75. The molecule has 7 heteroatoms. The maximum absolute atomic E-state index is 13.4. The number of carboxylic acid groups (broad SMARTS) is 1. The Balaban J connectivity index is 2.21. The lowest BCUT2D eigenvalue weighted by Crippen LogP contribution is -1.97. The Morgan fingerprint density at radius 2 is 2.11 bits per heavy atom. The van der Waals surface area contributed by atoms with Crippen molar-refractivity contribution in [2.75, 3.05) is 0 Å². The third-order valence-electron chi connectivity index (χ3n) is 2.18. The van der Waals surface area contributed by atoms with Gasteiger partial charge in [-0.2, -0.15) is 0 Å². The lowest BCUT2D eigenvalue weighted by Gasteiger charge is -1.96. The van der Waals surface area contributed by atoms with Gasteiger partial charge in [0.2, 0.25) is 5.89 Å². The van der Waals surface area contributed by atoms with Crippen LogP contribution in [0.5, 0.6) is 0 Å². The smallest absolute Gasteiger partial charge is 0.303 e. The van der Waals surface area contributed by atoms with Crippen LogP contribution in [0.3, 0.4) is 0 Å². The van der Waals surface area contributed by atoms with Crippen molar-refractivity contribution >= 4 is 5.97 Å². The fourth-order valence-corrected chi connectivity index (χ4v) is 1.34. The van der Waals surface area contributed by atoms with E-state index in [2.05, 4.69) is 10.2 Å². The van der Waals surface area contributed by atoms with Gasteiger partial charge in [0.15, 0.2) is 0 Å². The summed E-state index contributed by atoms with van der Waals surface area (Å²) in [5.74, 6) is -2.53. The number of aryl methyl sites for hydroxylation is 1. The quantitative estimate of drug-likeness (QED) is 0.903. The molecule has 5 nitrogen and oxygen atoms in total. The van der Waals surface area contributed by atoms with E-state index in [1.165, 1.54) is 6.07 Å². The number of nitrogens with zero attached hydrogens (tertiary/aromatic N) is 2. The maximum Gasteiger partial charge on any atom is 0.303 e. The van der Waals surface area contributed by atoms with Crippen LogP contribution < -0.4 is 0 Å². The van der Waals surface area contributed by atoms with E-state index in [-0.39, 0.29) is 30.2 Å². The van der Waals surface area contributed by atoms with Crippen molar-refractivity contribution in [1.82, 2.24) is 10.2 Å². The highest BCUT2D eigenvalue weighted by Gasteiger charge is 2.14. The zero-order chi connectivity index (χ0) is 13.1. The molecule has 0 spiro atoms. The summed E-state index contributed by atoms with van der Waals surface area (Å²) in [5, 5.41) is 15.7.